The number of aliphatic carboxylic acids is 1. The fourth-order valence-electron chi connectivity index (χ4n) is 7.27. The Bertz CT molecular complexity index is 1410. The van der Waals surface area contributed by atoms with E-state index >= 15 is 0 Å². The van der Waals surface area contributed by atoms with Crippen LogP contribution >= 0.6 is 15.9 Å². The van der Waals surface area contributed by atoms with Gasteiger partial charge in [-0.3, -0.25) is 23.4 Å². The summed E-state index contributed by atoms with van der Waals surface area (Å²) in [6.07, 6.45) is 2.18. The van der Waals surface area contributed by atoms with Gasteiger partial charge in [-0.25, -0.2) is 0 Å². The van der Waals surface area contributed by atoms with Crippen molar-refractivity contribution >= 4 is 49.7 Å². The second-order valence-corrected chi connectivity index (χ2v) is 16.7. The SMILES string of the molecule is CC[C@@H]1C[C@]1(CC(=O)[C@@H]1C[C@H](OS(=O)(=O)c2ccc(Br)cc2)CN1C(=O)[C@@H](CC(=O)OC1C[C@@H]2C[C@@H]2C1)C(C)(C)C)C(=O)O. The highest BCUT2D eigenvalue weighted by Crippen LogP contribution is 2.58. The lowest BCUT2D eigenvalue weighted by Crippen LogP contribution is -2.48. The molecule has 1 unspecified atom stereocenters. The molecule has 4 aliphatic rings. The summed E-state index contributed by atoms with van der Waals surface area (Å²) < 4.78 is 38.3. The van der Waals surface area contributed by atoms with Gasteiger partial charge in [0.2, 0.25) is 5.91 Å². The molecular weight excluding hydrogens is 654 g/mol. The lowest BCUT2D eigenvalue weighted by atomic mass is 9.77. The van der Waals surface area contributed by atoms with Crippen molar-refractivity contribution in [1.29, 1.82) is 0 Å². The number of halogens is 1. The number of likely N-dealkylation sites (tertiary alicyclic amines) is 1. The van der Waals surface area contributed by atoms with E-state index in [-0.39, 0.29) is 42.7 Å². The third kappa shape index (κ3) is 6.92. The Morgan fingerprint density at radius 2 is 1.68 bits per heavy atom. The van der Waals surface area contributed by atoms with Crippen molar-refractivity contribution in [3.05, 3.63) is 28.7 Å². The van der Waals surface area contributed by atoms with Crippen LogP contribution in [0.15, 0.2) is 33.6 Å². The van der Waals surface area contributed by atoms with E-state index in [1.807, 2.05) is 27.7 Å². The second kappa shape index (κ2) is 12.1. The van der Waals surface area contributed by atoms with Crippen molar-refractivity contribution < 1.29 is 41.6 Å². The van der Waals surface area contributed by atoms with Gasteiger partial charge in [-0.05, 0) is 73.1 Å². The van der Waals surface area contributed by atoms with Crippen molar-refractivity contribution in [3.8, 4) is 0 Å². The molecule has 1 aromatic carbocycles. The maximum atomic E-state index is 14.2. The van der Waals surface area contributed by atoms with Crippen LogP contribution in [0.25, 0.3) is 0 Å². The molecular formula is C32H42BrNO9S. The van der Waals surface area contributed by atoms with Gasteiger partial charge < -0.3 is 14.7 Å². The number of carbonyl (C=O) groups is 4. The minimum Gasteiger partial charge on any atom is -0.481 e. The Labute approximate surface area is 267 Å². The van der Waals surface area contributed by atoms with Gasteiger partial charge in [-0.1, -0.05) is 50.0 Å². The standard InChI is InChI=1S/C32H42BrNO9S/c1-5-20-15-32(20,30(38)39)16-27(35)26-13-23(43-44(40,41)24-8-6-21(33)7-9-24)17-34(26)29(37)25(31(2,3)4)14-28(36)42-22-11-18-10-19(18)12-22/h6-9,18-20,22-23,25-26H,5,10-17H2,1-4H3,(H,38,39)/t18-,19+,20-,22?,23+,25-,26+,32-/m1/s1. The zero-order chi connectivity index (χ0) is 32.2. The van der Waals surface area contributed by atoms with Crippen molar-refractivity contribution in [1.82, 2.24) is 4.90 Å². The van der Waals surface area contributed by atoms with Crippen LogP contribution in [0.2, 0.25) is 0 Å². The number of Topliss-reactive ketones (excluding diaryl/α,β-unsaturated/α-hetero) is 1. The number of nitrogens with zero attached hydrogens (tertiary/aromatic N) is 1. The highest BCUT2D eigenvalue weighted by molar-refractivity contribution is 9.10. The number of rotatable bonds is 12. The van der Waals surface area contributed by atoms with Crippen LogP contribution in [0, 0.1) is 34.5 Å². The minimum absolute atomic E-state index is 0.0678. The van der Waals surface area contributed by atoms with Gasteiger partial charge in [0.15, 0.2) is 5.78 Å². The van der Waals surface area contributed by atoms with Crippen LogP contribution in [0.3, 0.4) is 0 Å². The number of carbonyl (C=O) groups excluding carboxylic acids is 3. The molecule has 10 nitrogen and oxygen atoms in total. The van der Waals surface area contributed by atoms with Crippen LogP contribution in [-0.4, -0.2) is 66.8 Å². The Kier molecular flexibility index (Phi) is 9.12. The van der Waals surface area contributed by atoms with Crippen molar-refractivity contribution in [2.24, 2.45) is 34.5 Å². The van der Waals surface area contributed by atoms with Gasteiger partial charge in [-0.2, -0.15) is 8.42 Å². The largest absolute Gasteiger partial charge is 0.481 e. The first-order valence-electron chi connectivity index (χ1n) is 15.5. The number of hydrogen-bond acceptors (Lipinski definition) is 8. The van der Waals surface area contributed by atoms with E-state index < -0.39 is 62.6 Å². The number of hydrogen-bond donors (Lipinski definition) is 1. The van der Waals surface area contributed by atoms with Crippen molar-refractivity contribution in [3.63, 3.8) is 0 Å². The number of fused-ring (bicyclic) bond motifs is 1. The number of amides is 1. The van der Waals surface area contributed by atoms with E-state index in [9.17, 15) is 32.7 Å². The summed E-state index contributed by atoms with van der Waals surface area (Å²) in [5, 5.41) is 9.96. The number of carboxylic acids is 1. The fraction of sp³-hybridized carbons (Fsp3) is 0.688. The van der Waals surface area contributed by atoms with Gasteiger partial charge in [0.05, 0.1) is 34.8 Å². The molecule has 1 aromatic rings. The highest BCUT2D eigenvalue weighted by Gasteiger charge is 2.61. The highest BCUT2D eigenvalue weighted by atomic mass is 79.9. The summed E-state index contributed by atoms with van der Waals surface area (Å²) in [6, 6.07) is 4.84. The molecule has 0 radical (unpaired) electrons. The monoisotopic (exact) mass is 695 g/mol. The van der Waals surface area contributed by atoms with E-state index in [4.69, 9.17) is 8.92 Å². The zero-order valence-electron chi connectivity index (χ0n) is 25.7. The fourth-order valence-corrected chi connectivity index (χ4v) is 8.61. The number of esters is 1. The predicted molar refractivity (Wildman–Crippen MR) is 163 cm³/mol. The molecule has 8 atom stereocenters. The van der Waals surface area contributed by atoms with Crippen LogP contribution in [-0.2, 0) is 38.2 Å². The second-order valence-electron chi connectivity index (χ2n) is 14.2. The lowest BCUT2D eigenvalue weighted by Gasteiger charge is -2.35. The normalized spacial score (nSPS) is 31.7. The molecule has 4 fully saturated rings. The Hall–Kier alpha value is -2.31. The smallest absolute Gasteiger partial charge is 0.310 e. The van der Waals surface area contributed by atoms with Crippen LogP contribution in [0.4, 0.5) is 0 Å². The van der Waals surface area contributed by atoms with Gasteiger partial charge in [0.25, 0.3) is 10.1 Å². The number of carboxylic acid groups (broad SMARTS) is 1. The molecule has 0 bridgehead atoms. The third-order valence-electron chi connectivity index (χ3n) is 10.1. The minimum atomic E-state index is -4.23. The molecule has 1 heterocycles. The van der Waals surface area contributed by atoms with Gasteiger partial charge in [0, 0.05) is 23.9 Å². The van der Waals surface area contributed by atoms with Crippen LogP contribution in [0.5, 0.6) is 0 Å². The van der Waals surface area contributed by atoms with Gasteiger partial charge >= 0.3 is 11.9 Å². The van der Waals surface area contributed by atoms with Crippen molar-refractivity contribution in [2.45, 2.75) is 102 Å². The molecule has 1 N–H and O–H groups in total. The molecule has 1 amide bonds. The summed E-state index contributed by atoms with van der Waals surface area (Å²) in [4.78, 5) is 54.5. The number of benzene rings is 1. The zero-order valence-corrected chi connectivity index (χ0v) is 28.1. The Morgan fingerprint density at radius 1 is 1.05 bits per heavy atom. The molecule has 12 heteroatoms. The lowest BCUT2D eigenvalue weighted by molar-refractivity contribution is -0.157. The summed E-state index contributed by atoms with van der Waals surface area (Å²) in [6.45, 7) is 7.20. The molecule has 3 saturated carbocycles. The van der Waals surface area contributed by atoms with E-state index in [2.05, 4.69) is 15.9 Å². The quantitative estimate of drug-likeness (QED) is 0.236. The summed E-state index contributed by atoms with van der Waals surface area (Å²) in [5.74, 6) is -2.15. The summed E-state index contributed by atoms with van der Waals surface area (Å²) in [7, 11) is -4.23. The molecule has 1 saturated heterocycles. The first kappa shape index (κ1) is 33.1. The topological polar surface area (TPSA) is 144 Å². The summed E-state index contributed by atoms with van der Waals surface area (Å²) in [5.41, 5.74) is -1.87. The Balaban J connectivity index is 1.36. The number of ketones is 1. The van der Waals surface area contributed by atoms with Gasteiger partial charge in [-0.15, -0.1) is 0 Å². The molecule has 0 spiro atoms. The predicted octanol–water partition coefficient (Wildman–Crippen LogP) is 4.98. The molecule has 3 aliphatic carbocycles. The van der Waals surface area contributed by atoms with E-state index in [1.165, 1.54) is 23.5 Å². The van der Waals surface area contributed by atoms with E-state index in [0.717, 1.165) is 12.8 Å². The summed E-state index contributed by atoms with van der Waals surface area (Å²) >= 11 is 3.28. The first-order chi connectivity index (χ1) is 20.5. The maximum Gasteiger partial charge on any atom is 0.310 e. The van der Waals surface area contributed by atoms with Gasteiger partial charge in [0.1, 0.15) is 6.10 Å². The maximum absolute atomic E-state index is 14.2. The molecule has 0 aromatic heterocycles. The molecule has 5 rings (SSSR count). The van der Waals surface area contributed by atoms with E-state index in [0.29, 0.717) is 29.2 Å². The van der Waals surface area contributed by atoms with Crippen molar-refractivity contribution in [2.75, 3.05) is 6.54 Å². The third-order valence-corrected chi connectivity index (χ3v) is 12.0. The number of ether oxygens (including phenoxy) is 1. The molecule has 44 heavy (non-hydrogen) atoms. The molecule has 242 valence electrons. The average molecular weight is 697 g/mol. The van der Waals surface area contributed by atoms with Crippen LogP contribution < -0.4 is 0 Å². The average Bonchev–Trinajstić information content (AvgIpc) is 3.75. The van der Waals surface area contributed by atoms with Crippen LogP contribution in [0.1, 0.15) is 79.1 Å². The first-order valence-corrected chi connectivity index (χ1v) is 17.7. The van der Waals surface area contributed by atoms with E-state index in [1.54, 1.807) is 12.1 Å². The Morgan fingerprint density at radius 3 is 2.23 bits per heavy atom. The molecule has 1 aliphatic heterocycles.